The van der Waals surface area contributed by atoms with E-state index in [2.05, 4.69) is 34.6 Å². The van der Waals surface area contributed by atoms with Gasteiger partial charge in [0.1, 0.15) is 42.7 Å². The molecule has 9 N–H and O–H groups in total. The Morgan fingerprint density at radius 1 is 0.709 bits per heavy atom. The number of aliphatic hydroxyl groups excluding tert-OH is 8. The highest BCUT2D eigenvalue weighted by molar-refractivity contribution is 5.33. The highest BCUT2D eigenvalue weighted by Gasteiger charge is 2.85. The Balaban J connectivity index is 1.02. The molecule has 0 aromatic carbocycles. The first-order chi connectivity index (χ1) is 25.5. The molecule has 0 radical (unpaired) electrons. The van der Waals surface area contributed by atoms with Crippen LogP contribution in [0.2, 0.25) is 0 Å². The van der Waals surface area contributed by atoms with Gasteiger partial charge in [0.15, 0.2) is 12.6 Å². The van der Waals surface area contributed by atoms with Crippen LogP contribution in [-0.2, 0) is 23.7 Å². The van der Waals surface area contributed by atoms with Gasteiger partial charge in [0.2, 0.25) is 0 Å². The van der Waals surface area contributed by atoms with E-state index in [0.717, 1.165) is 38.5 Å². The van der Waals surface area contributed by atoms with Crippen LogP contribution in [-0.4, -0.2) is 150 Å². The molecule has 8 fully saturated rings. The van der Waals surface area contributed by atoms with Crippen molar-refractivity contribution in [1.29, 1.82) is 0 Å². The van der Waals surface area contributed by atoms with Gasteiger partial charge in [-0.15, -0.1) is 0 Å². The summed E-state index contributed by atoms with van der Waals surface area (Å²) >= 11 is 0. The van der Waals surface area contributed by atoms with Gasteiger partial charge in [0.05, 0.1) is 48.8 Å². The van der Waals surface area contributed by atoms with Gasteiger partial charge >= 0.3 is 0 Å². The van der Waals surface area contributed by atoms with Gasteiger partial charge < -0.3 is 69.6 Å². The van der Waals surface area contributed by atoms with Gasteiger partial charge in [-0.2, -0.15) is 0 Å². The lowest BCUT2D eigenvalue weighted by molar-refractivity contribution is -0.366. The molecule has 2 spiro atoms. The number of hydrogen-bond donors (Lipinski definition) is 9. The van der Waals surface area contributed by atoms with Crippen molar-refractivity contribution in [2.24, 2.45) is 44.8 Å². The molecule has 3 aliphatic heterocycles. The van der Waals surface area contributed by atoms with Gasteiger partial charge in [0.25, 0.3) is 0 Å². The van der Waals surface area contributed by atoms with E-state index in [0.29, 0.717) is 19.3 Å². The summed E-state index contributed by atoms with van der Waals surface area (Å²) in [6.07, 6.45) is -7.87. The van der Waals surface area contributed by atoms with E-state index in [1.54, 1.807) is 13.8 Å². The van der Waals surface area contributed by atoms with Crippen molar-refractivity contribution < 1.29 is 69.6 Å². The molecule has 55 heavy (non-hydrogen) atoms. The predicted octanol–water partition coefficient (Wildman–Crippen LogP) is 0.724. The molecule has 0 aromatic heterocycles. The Kier molecular flexibility index (Phi) is 9.90. The molecule has 3 saturated heterocycles. The van der Waals surface area contributed by atoms with E-state index in [4.69, 9.17) is 23.7 Å². The van der Waals surface area contributed by atoms with Gasteiger partial charge in [0, 0.05) is 5.92 Å². The number of ether oxygens (including phenoxy) is 5. The predicted molar refractivity (Wildman–Crippen MR) is 194 cm³/mol. The van der Waals surface area contributed by atoms with Crippen molar-refractivity contribution in [3.63, 3.8) is 0 Å². The molecule has 0 bridgehead atoms. The van der Waals surface area contributed by atoms with Crippen LogP contribution in [0.5, 0.6) is 0 Å². The molecule has 316 valence electrons. The van der Waals surface area contributed by atoms with Crippen molar-refractivity contribution >= 4 is 0 Å². The average Bonchev–Trinajstić information content (AvgIpc) is 3.45. The maximum atomic E-state index is 12.4. The summed E-state index contributed by atoms with van der Waals surface area (Å²) in [7, 11) is 0. The first kappa shape index (κ1) is 41.2. The fourth-order valence-corrected chi connectivity index (χ4v) is 14.9. The highest BCUT2D eigenvalue weighted by atomic mass is 16.8. The van der Waals surface area contributed by atoms with Crippen molar-refractivity contribution in [3.8, 4) is 0 Å². The number of hydrogen-bond acceptors (Lipinski definition) is 14. The third-order valence-electron chi connectivity index (χ3n) is 17.6. The van der Waals surface area contributed by atoms with Crippen molar-refractivity contribution in [2.45, 2.75) is 197 Å². The Morgan fingerprint density at radius 2 is 1.42 bits per heavy atom. The minimum Gasteiger partial charge on any atom is -0.394 e. The van der Waals surface area contributed by atoms with Crippen LogP contribution in [0.15, 0.2) is 0 Å². The fraction of sp³-hybridized carbons (Fsp3) is 1.00. The lowest BCUT2D eigenvalue weighted by atomic mass is 9.41. The Hall–Kier alpha value is -0.560. The van der Waals surface area contributed by atoms with Gasteiger partial charge in [-0.3, -0.25) is 0 Å². The third kappa shape index (κ3) is 5.70. The molecular formula is C41H68O14. The molecule has 3 heterocycles. The quantitative estimate of drug-likeness (QED) is 0.162. The van der Waals surface area contributed by atoms with Crippen molar-refractivity contribution in [3.05, 3.63) is 0 Å². The minimum absolute atomic E-state index is 0.0193. The smallest absolute Gasteiger partial charge is 0.187 e. The zero-order valence-electron chi connectivity index (χ0n) is 33.6. The molecule has 8 aliphatic rings. The molecule has 14 nitrogen and oxygen atoms in total. The number of aliphatic hydroxyl groups is 9. The van der Waals surface area contributed by atoms with Crippen molar-refractivity contribution in [1.82, 2.24) is 0 Å². The summed E-state index contributed by atoms with van der Waals surface area (Å²) in [5.74, 6) is 0.0159. The molecule has 0 aromatic rings. The Morgan fingerprint density at radius 3 is 2.07 bits per heavy atom. The first-order valence-corrected chi connectivity index (χ1v) is 20.9. The van der Waals surface area contributed by atoms with Crippen LogP contribution in [0.3, 0.4) is 0 Å². The standard InChI is InChI=1S/C41H68O14/c1-35(2)24(53-34-30(26(46)21(45)17-51-34)54-33-29(49)28(48)27(47)22(16-42)52-33)9-11-41-18-40(41)13-12-37(5)32(39(7)10-8-25(55-39)36(3,4)50)20(44)15-38(37,6)23(40)14-19(43)31(35)41/h19-34,42-50H,8-18H2,1-7H3/t19-,20-,21+,22+,23-,24-,25-,26-,27+,28-,29+,30+,31-,32-,33-,34-,37-,38-,39+,40-,41+/m0/s1. The molecule has 5 saturated carbocycles. The maximum absolute atomic E-state index is 12.4. The molecule has 14 heteroatoms. The van der Waals surface area contributed by atoms with Gasteiger partial charge in [-0.05, 0) is 117 Å². The van der Waals surface area contributed by atoms with Crippen LogP contribution in [0.1, 0.15) is 106 Å². The average molecular weight is 785 g/mol. The lowest BCUT2D eigenvalue weighted by Gasteiger charge is -2.64. The van der Waals surface area contributed by atoms with E-state index in [-0.39, 0.29) is 52.1 Å². The minimum atomic E-state index is -1.72. The third-order valence-corrected chi connectivity index (χ3v) is 17.6. The zero-order valence-corrected chi connectivity index (χ0v) is 33.6. The summed E-state index contributed by atoms with van der Waals surface area (Å²) < 4.78 is 30.9. The topological polar surface area (TPSA) is 228 Å². The molecule has 8 rings (SSSR count). The van der Waals surface area contributed by atoms with E-state index in [9.17, 15) is 46.0 Å². The number of fused-ring (bicyclic) bond motifs is 2. The second kappa shape index (κ2) is 13.2. The van der Waals surface area contributed by atoms with Crippen LogP contribution >= 0.6 is 0 Å². The Labute approximate surface area is 324 Å². The summed E-state index contributed by atoms with van der Waals surface area (Å²) in [5.41, 5.74) is -2.64. The normalized spacial score (nSPS) is 58.7. The van der Waals surface area contributed by atoms with E-state index in [1.165, 1.54) is 0 Å². The van der Waals surface area contributed by atoms with E-state index in [1.807, 2.05) is 0 Å². The molecule has 0 amide bonds. The summed E-state index contributed by atoms with van der Waals surface area (Å²) in [5, 5.41) is 97.9. The second-order valence-corrected chi connectivity index (χ2v) is 21.1. The first-order valence-electron chi connectivity index (χ1n) is 20.9. The van der Waals surface area contributed by atoms with Gasteiger partial charge in [-0.25, -0.2) is 0 Å². The molecular weight excluding hydrogens is 716 g/mol. The lowest BCUT2D eigenvalue weighted by Crippen LogP contribution is -2.64. The largest absolute Gasteiger partial charge is 0.394 e. The van der Waals surface area contributed by atoms with Crippen LogP contribution in [0.4, 0.5) is 0 Å². The van der Waals surface area contributed by atoms with Crippen LogP contribution < -0.4 is 0 Å². The second-order valence-electron chi connectivity index (χ2n) is 21.1. The van der Waals surface area contributed by atoms with Crippen molar-refractivity contribution in [2.75, 3.05) is 13.2 Å². The molecule has 0 unspecified atom stereocenters. The van der Waals surface area contributed by atoms with E-state index >= 15 is 0 Å². The maximum Gasteiger partial charge on any atom is 0.187 e. The van der Waals surface area contributed by atoms with Gasteiger partial charge in [-0.1, -0.05) is 27.7 Å². The summed E-state index contributed by atoms with van der Waals surface area (Å²) in [6.45, 7) is 13.8. The number of rotatable bonds is 7. The van der Waals surface area contributed by atoms with Crippen LogP contribution in [0.25, 0.3) is 0 Å². The Bertz CT molecular complexity index is 1460. The highest BCUT2D eigenvalue weighted by Crippen LogP contribution is 2.89. The summed E-state index contributed by atoms with van der Waals surface area (Å²) in [4.78, 5) is 0. The molecule has 5 aliphatic carbocycles. The van der Waals surface area contributed by atoms with Crippen LogP contribution in [0, 0.1) is 44.8 Å². The van der Waals surface area contributed by atoms with E-state index < -0.39 is 96.8 Å². The summed E-state index contributed by atoms with van der Waals surface area (Å²) in [6, 6.07) is 0. The monoisotopic (exact) mass is 784 g/mol. The SMILES string of the molecule is CC(C)(O)[C@@H]1CC[C@](C)([C@H]2[C@@H](O)C[C@@]3(C)[C@@H]4C[C@H](O)[C@H]5C(C)(C)[C@@H](O[C@@H]6OC[C@@H](O)[C@H](O)[C@H]6O[C@@H]6O[C@H](CO)[C@@H](O)[C@H](O)[C@H]6O)CC[C@@]56C[C@@]46CC[C@@]23C)O1. The molecule has 21 atom stereocenters. The zero-order chi connectivity index (χ0) is 40.1. The fourth-order valence-electron chi connectivity index (χ4n) is 14.9.